The monoisotopic (exact) mass is 342 g/mol. The van der Waals surface area contributed by atoms with Crippen molar-refractivity contribution in [2.75, 3.05) is 31.5 Å². The minimum absolute atomic E-state index is 0.173. The van der Waals surface area contributed by atoms with E-state index in [-0.39, 0.29) is 11.5 Å². The van der Waals surface area contributed by atoms with Crippen LogP contribution in [0.3, 0.4) is 0 Å². The van der Waals surface area contributed by atoms with Crippen LogP contribution in [0.5, 0.6) is 0 Å². The number of benzene rings is 1. The van der Waals surface area contributed by atoms with Crippen molar-refractivity contribution in [3.8, 4) is 0 Å². The first kappa shape index (κ1) is 17.7. The van der Waals surface area contributed by atoms with E-state index in [4.69, 9.17) is 9.84 Å². The summed E-state index contributed by atoms with van der Waals surface area (Å²) in [7, 11) is -2.05. The molecule has 1 aliphatic rings. The third-order valence-electron chi connectivity index (χ3n) is 4.25. The molecule has 1 unspecified atom stereocenters. The third-order valence-corrected chi connectivity index (χ3v) is 5.74. The molecule has 0 spiro atoms. The number of carboxylic acids is 1. The quantitative estimate of drug-likeness (QED) is 0.819. The normalized spacial score (nSPS) is 19.0. The van der Waals surface area contributed by atoms with E-state index in [0.29, 0.717) is 36.5 Å². The van der Waals surface area contributed by atoms with E-state index < -0.39 is 16.2 Å². The van der Waals surface area contributed by atoms with Crippen molar-refractivity contribution in [3.05, 3.63) is 28.8 Å². The van der Waals surface area contributed by atoms with Gasteiger partial charge in [-0.15, -0.1) is 0 Å². The molecular formula is C15H22N2O5S. The van der Waals surface area contributed by atoms with Gasteiger partial charge in [0.05, 0.1) is 17.9 Å². The first-order chi connectivity index (χ1) is 10.8. The van der Waals surface area contributed by atoms with Crippen molar-refractivity contribution in [1.29, 1.82) is 0 Å². The molecule has 1 atom stereocenters. The highest BCUT2D eigenvalue weighted by atomic mass is 32.2. The summed E-state index contributed by atoms with van der Waals surface area (Å²) >= 11 is 0. The van der Waals surface area contributed by atoms with Crippen molar-refractivity contribution in [2.45, 2.75) is 20.3 Å². The Morgan fingerprint density at radius 3 is 2.70 bits per heavy atom. The van der Waals surface area contributed by atoms with Crippen LogP contribution in [-0.4, -0.2) is 50.6 Å². The number of methoxy groups -OCH3 is 1. The lowest BCUT2D eigenvalue weighted by molar-refractivity contribution is 0.0696. The Morgan fingerprint density at radius 1 is 1.39 bits per heavy atom. The molecule has 1 aromatic carbocycles. The lowest BCUT2D eigenvalue weighted by Gasteiger charge is -2.20. The lowest BCUT2D eigenvalue weighted by atomic mass is 10.0. The average molecular weight is 342 g/mol. The summed E-state index contributed by atoms with van der Waals surface area (Å²) in [5.74, 6) is -0.823. The molecule has 128 valence electrons. The van der Waals surface area contributed by atoms with E-state index in [1.807, 2.05) is 0 Å². The molecule has 1 aromatic rings. The van der Waals surface area contributed by atoms with E-state index in [1.54, 1.807) is 21.0 Å². The van der Waals surface area contributed by atoms with Gasteiger partial charge in [-0.1, -0.05) is 0 Å². The molecule has 0 amide bonds. The van der Waals surface area contributed by atoms with Gasteiger partial charge >= 0.3 is 16.2 Å². The average Bonchev–Trinajstić information content (AvgIpc) is 2.93. The maximum absolute atomic E-state index is 12.5. The molecular weight excluding hydrogens is 320 g/mol. The standard InChI is InChI=1S/C15H22N2O5S/c1-10-11(2)14(5-4-13(10)15(18)19)16-23(20,21)17-7-6-12(8-17)9-22-3/h4-5,12,16H,6-9H2,1-3H3,(H,18,19). The molecule has 0 bridgehead atoms. The molecule has 1 aliphatic heterocycles. The van der Waals surface area contributed by atoms with E-state index in [2.05, 4.69) is 4.72 Å². The summed E-state index contributed by atoms with van der Waals surface area (Å²) in [6.07, 6.45) is 0.769. The van der Waals surface area contributed by atoms with Crippen LogP contribution in [0.1, 0.15) is 27.9 Å². The topological polar surface area (TPSA) is 95.9 Å². The minimum atomic E-state index is -3.66. The highest BCUT2D eigenvalue weighted by molar-refractivity contribution is 7.90. The van der Waals surface area contributed by atoms with Crippen LogP contribution >= 0.6 is 0 Å². The Hall–Kier alpha value is -1.64. The highest BCUT2D eigenvalue weighted by Gasteiger charge is 2.31. The summed E-state index contributed by atoms with van der Waals surface area (Å²) in [5.41, 5.74) is 1.74. The van der Waals surface area contributed by atoms with Gasteiger partial charge in [-0.3, -0.25) is 4.72 Å². The van der Waals surface area contributed by atoms with Crippen LogP contribution in [0.25, 0.3) is 0 Å². The van der Waals surface area contributed by atoms with Gasteiger partial charge in [0.25, 0.3) is 0 Å². The number of carbonyl (C=O) groups is 1. The van der Waals surface area contributed by atoms with Crippen molar-refractivity contribution < 1.29 is 23.1 Å². The van der Waals surface area contributed by atoms with Gasteiger partial charge < -0.3 is 9.84 Å². The fourth-order valence-corrected chi connectivity index (χ4v) is 4.13. The number of carboxylic acid groups (broad SMARTS) is 1. The molecule has 0 radical (unpaired) electrons. The lowest BCUT2D eigenvalue weighted by Crippen LogP contribution is -2.34. The Balaban J connectivity index is 2.18. The summed E-state index contributed by atoms with van der Waals surface area (Å²) in [5, 5.41) is 9.11. The molecule has 2 N–H and O–H groups in total. The predicted molar refractivity (Wildman–Crippen MR) is 87.0 cm³/mol. The van der Waals surface area contributed by atoms with Gasteiger partial charge in [0.15, 0.2) is 0 Å². The third kappa shape index (κ3) is 3.82. The Bertz CT molecular complexity index is 702. The number of ether oxygens (including phenoxy) is 1. The SMILES string of the molecule is COCC1CCN(S(=O)(=O)Nc2ccc(C(=O)O)c(C)c2C)C1. The van der Waals surface area contributed by atoms with E-state index in [9.17, 15) is 13.2 Å². The zero-order chi connectivity index (χ0) is 17.2. The largest absolute Gasteiger partial charge is 0.478 e. The van der Waals surface area contributed by atoms with Crippen molar-refractivity contribution in [3.63, 3.8) is 0 Å². The predicted octanol–water partition coefficient (Wildman–Crippen LogP) is 1.63. The molecule has 0 aliphatic carbocycles. The molecule has 2 rings (SSSR count). The molecule has 0 aromatic heterocycles. The van der Waals surface area contributed by atoms with Gasteiger partial charge in [0.2, 0.25) is 0 Å². The number of rotatable bonds is 6. The van der Waals surface area contributed by atoms with Gasteiger partial charge in [-0.2, -0.15) is 12.7 Å². The van der Waals surface area contributed by atoms with Gasteiger partial charge in [-0.25, -0.2) is 4.79 Å². The Kier molecular flexibility index (Phi) is 5.28. The first-order valence-electron chi connectivity index (χ1n) is 7.36. The van der Waals surface area contributed by atoms with Crippen LogP contribution in [-0.2, 0) is 14.9 Å². The molecule has 7 nitrogen and oxygen atoms in total. The highest BCUT2D eigenvalue weighted by Crippen LogP contribution is 2.26. The zero-order valence-electron chi connectivity index (χ0n) is 13.5. The molecule has 8 heteroatoms. The molecule has 1 saturated heterocycles. The molecule has 1 fully saturated rings. The fourth-order valence-electron chi connectivity index (χ4n) is 2.75. The van der Waals surface area contributed by atoms with E-state index in [1.165, 1.54) is 16.4 Å². The van der Waals surface area contributed by atoms with Gasteiger partial charge in [0.1, 0.15) is 0 Å². The molecule has 0 saturated carbocycles. The summed E-state index contributed by atoms with van der Waals surface area (Å²) in [6.45, 7) is 4.79. The molecule has 23 heavy (non-hydrogen) atoms. The van der Waals surface area contributed by atoms with Crippen LogP contribution < -0.4 is 4.72 Å². The Labute approximate surface area is 136 Å². The van der Waals surface area contributed by atoms with Crippen LogP contribution in [0.4, 0.5) is 5.69 Å². The smallest absolute Gasteiger partial charge is 0.335 e. The van der Waals surface area contributed by atoms with Gasteiger partial charge in [0, 0.05) is 20.2 Å². The second-order valence-electron chi connectivity index (χ2n) is 5.79. The number of aromatic carboxylic acids is 1. The number of hydrogen-bond donors (Lipinski definition) is 2. The van der Waals surface area contributed by atoms with Crippen molar-refractivity contribution in [1.82, 2.24) is 4.31 Å². The summed E-state index contributed by atoms with van der Waals surface area (Å²) in [6, 6.07) is 2.91. The van der Waals surface area contributed by atoms with Crippen molar-refractivity contribution in [2.24, 2.45) is 5.92 Å². The van der Waals surface area contributed by atoms with Crippen LogP contribution in [0.2, 0.25) is 0 Å². The fraction of sp³-hybridized carbons (Fsp3) is 0.533. The minimum Gasteiger partial charge on any atom is -0.478 e. The Morgan fingerprint density at radius 2 is 2.09 bits per heavy atom. The van der Waals surface area contributed by atoms with E-state index >= 15 is 0 Å². The summed E-state index contributed by atoms with van der Waals surface area (Å²) in [4.78, 5) is 11.1. The number of hydrogen-bond acceptors (Lipinski definition) is 4. The summed E-state index contributed by atoms with van der Waals surface area (Å²) < 4.78 is 34.0. The van der Waals surface area contributed by atoms with Gasteiger partial charge in [-0.05, 0) is 49.4 Å². The number of nitrogens with one attached hydrogen (secondary N) is 1. The second kappa shape index (κ2) is 6.86. The van der Waals surface area contributed by atoms with E-state index in [0.717, 1.165) is 6.42 Å². The maximum Gasteiger partial charge on any atom is 0.335 e. The first-order valence-corrected chi connectivity index (χ1v) is 8.80. The zero-order valence-corrected chi connectivity index (χ0v) is 14.3. The maximum atomic E-state index is 12.5. The van der Waals surface area contributed by atoms with Crippen LogP contribution in [0.15, 0.2) is 12.1 Å². The number of anilines is 1. The second-order valence-corrected chi connectivity index (χ2v) is 7.46. The number of nitrogens with zero attached hydrogens (tertiary/aromatic N) is 1. The molecule has 1 heterocycles. The van der Waals surface area contributed by atoms with Crippen LogP contribution in [0, 0.1) is 19.8 Å². The van der Waals surface area contributed by atoms with Crippen molar-refractivity contribution >= 4 is 21.9 Å².